The van der Waals surface area contributed by atoms with Crippen LogP contribution in [0.2, 0.25) is 0 Å². The molecule has 146 valence electrons. The lowest BCUT2D eigenvalue weighted by Gasteiger charge is -2.16. The number of carbonyl (C=O) groups is 1. The van der Waals surface area contributed by atoms with E-state index in [1.807, 2.05) is 30.3 Å². The molecule has 0 saturated heterocycles. The summed E-state index contributed by atoms with van der Waals surface area (Å²) in [6.07, 6.45) is 0. The Balaban J connectivity index is 2.13. The molecule has 0 aromatic heterocycles. The Hall–Kier alpha value is -2.89. The molecule has 1 amide bonds. The Morgan fingerprint density at radius 2 is 1.74 bits per heavy atom. The maximum atomic E-state index is 12.2. The van der Waals surface area contributed by atoms with E-state index < -0.39 is 0 Å². The Morgan fingerprint density at radius 1 is 1.00 bits per heavy atom. The Morgan fingerprint density at radius 3 is 2.37 bits per heavy atom. The molecule has 27 heavy (non-hydrogen) atoms. The van der Waals surface area contributed by atoms with Crippen LogP contribution in [0.3, 0.4) is 0 Å². The van der Waals surface area contributed by atoms with E-state index in [9.17, 15) is 4.79 Å². The molecule has 2 aromatic rings. The molecule has 6 heteroatoms. The van der Waals surface area contributed by atoms with Gasteiger partial charge in [0.2, 0.25) is 5.75 Å². The quantitative estimate of drug-likeness (QED) is 0.702. The minimum atomic E-state index is -0.0731. The van der Waals surface area contributed by atoms with Gasteiger partial charge in [-0.15, -0.1) is 0 Å². The highest BCUT2D eigenvalue weighted by molar-refractivity contribution is 5.95. The van der Waals surface area contributed by atoms with Crippen molar-refractivity contribution in [1.29, 1.82) is 0 Å². The fourth-order valence-corrected chi connectivity index (χ4v) is 2.67. The highest BCUT2D eigenvalue weighted by Gasteiger charge is 2.15. The average Bonchev–Trinajstić information content (AvgIpc) is 2.69. The fourth-order valence-electron chi connectivity index (χ4n) is 2.67. The number of benzene rings is 2. The van der Waals surface area contributed by atoms with Crippen LogP contribution < -0.4 is 24.8 Å². The zero-order valence-electron chi connectivity index (χ0n) is 16.6. The number of hydrogen-bond acceptors (Lipinski definition) is 5. The molecule has 0 heterocycles. The molecule has 0 saturated carbocycles. The number of rotatable bonds is 9. The summed E-state index contributed by atoms with van der Waals surface area (Å²) in [6, 6.07) is 11.2. The molecule has 0 radical (unpaired) electrons. The van der Waals surface area contributed by atoms with Crippen LogP contribution in [0.1, 0.15) is 29.8 Å². The SMILES string of the molecule is COc1ccc(CNc2cccc(C(=O)NCC(C)C)c2)c(OC)c1OC. The van der Waals surface area contributed by atoms with Crippen LogP contribution in [0, 0.1) is 5.92 Å². The first kappa shape index (κ1) is 20.4. The Bertz CT molecular complexity index is 775. The van der Waals surface area contributed by atoms with Crippen molar-refractivity contribution in [3.8, 4) is 17.2 Å². The van der Waals surface area contributed by atoms with Gasteiger partial charge in [0.05, 0.1) is 21.3 Å². The third-order valence-corrected chi connectivity index (χ3v) is 4.06. The van der Waals surface area contributed by atoms with Crippen molar-refractivity contribution in [3.05, 3.63) is 47.5 Å². The van der Waals surface area contributed by atoms with Gasteiger partial charge in [-0.05, 0) is 36.2 Å². The minimum absolute atomic E-state index is 0.0731. The molecule has 0 fully saturated rings. The van der Waals surface area contributed by atoms with Crippen molar-refractivity contribution < 1.29 is 19.0 Å². The third kappa shape index (κ3) is 5.29. The maximum absolute atomic E-state index is 12.2. The molecular formula is C21H28N2O4. The summed E-state index contributed by atoms with van der Waals surface area (Å²) in [5, 5.41) is 6.26. The maximum Gasteiger partial charge on any atom is 0.251 e. The highest BCUT2D eigenvalue weighted by Crippen LogP contribution is 2.39. The van der Waals surface area contributed by atoms with Gasteiger partial charge in [-0.2, -0.15) is 0 Å². The van der Waals surface area contributed by atoms with Gasteiger partial charge in [-0.25, -0.2) is 0 Å². The molecule has 0 bridgehead atoms. The monoisotopic (exact) mass is 372 g/mol. The lowest BCUT2D eigenvalue weighted by molar-refractivity contribution is 0.0949. The highest BCUT2D eigenvalue weighted by atomic mass is 16.5. The van der Waals surface area contributed by atoms with E-state index in [-0.39, 0.29) is 5.91 Å². The van der Waals surface area contributed by atoms with E-state index in [2.05, 4.69) is 24.5 Å². The first-order valence-corrected chi connectivity index (χ1v) is 8.90. The molecule has 0 aliphatic carbocycles. The lowest BCUT2D eigenvalue weighted by Crippen LogP contribution is -2.27. The van der Waals surface area contributed by atoms with Gasteiger partial charge in [0.25, 0.3) is 5.91 Å². The first-order valence-electron chi connectivity index (χ1n) is 8.90. The summed E-state index contributed by atoms with van der Waals surface area (Å²) in [5.41, 5.74) is 2.40. The van der Waals surface area contributed by atoms with Crippen LogP contribution in [0.4, 0.5) is 5.69 Å². The smallest absolute Gasteiger partial charge is 0.251 e. The zero-order valence-corrected chi connectivity index (χ0v) is 16.6. The Labute approximate surface area is 160 Å². The summed E-state index contributed by atoms with van der Waals surface area (Å²) in [6.45, 7) is 5.30. The van der Waals surface area contributed by atoms with E-state index in [0.29, 0.717) is 41.8 Å². The number of ether oxygens (including phenoxy) is 3. The summed E-state index contributed by atoms with van der Waals surface area (Å²) in [5.74, 6) is 2.13. The van der Waals surface area contributed by atoms with Gasteiger partial charge >= 0.3 is 0 Å². The van der Waals surface area contributed by atoms with E-state index in [4.69, 9.17) is 14.2 Å². The second-order valence-electron chi connectivity index (χ2n) is 6.53. The van der Waals surface area contributed by atoms with E-state index in [0.717, 1.165) is 11.3 Å². The molecule has 0 aliphatic rings. The predicted octanol–water partition coefficient (Wildman–Crippen LogP) is 3.71. The zero-order chi connectivity index (χ0) is 19.8. The summed E-state index contributed by atoms with van der Waals surface area (Å²) >= 11 is 0. The van der Waals surface area contributed by atoms with Gasteiger partial charge in [0.15, 0.2) is 11.5 Å². The van der Waals surface area contributed by atoms with Crippen LogP contribution >= 0.6 is 0 Å². The fraction of sp³-hybridized carbons (Fsp3) is 0.381. The van der Waals surface area contributed by atoms with Crippen molar-refractivity contribution in [3.63, 3.8) is 0 Å². The summed E-state index contributed by atoms with van der Waals surface area (Å²) in [4.78, 5) is 12.2. The predicted molar refractivity (Wildman–Crippen MR) is 107 cm³/mol. The summed E-state index contributed by atoms with van der Waals surface area (Å²) < 4.78 is 16.2. The van der Waals surface area contributed by atoms with E-state index >= 15 is 0 Å². The van der Waals surface area contributed by atoms with E-state index in [1.54, 1.807) is 27.4 Å². The molecule has 0 unspecified atom stereocenters. The Kier molecular flexibility index (Phi) is 7.34. The van der Waals surface area contributed by atoms with Crippen LogP contribution in [-0.4, -0.2) is 33.8 Å². The van der Waals surface area contributed by atoms with Crippen molar-refractivity contribution in [1.82, 2.24) is 5.32 Å². The van der Waals surface area contributed by atoms with E-state index in [1.165, 1.54) is 0 Å². The van der Waals surface area contributed by atoms with Crippen LogP contribution in [0.15, 0.2) is 36.4 Å². The van der Waals surface area contributed by atoms with Crippen LogP contribution in [-0.2, 0) is 6.54 Å². The number of nitrogens with one attached hydrogen (secondary N) is 2. The molecule has 2 aromatic carbocycles. The number of methoxy groups -OCH3 is 3. The van der Waals surface area contributed by atoms with Crippen molar-refractivity contribution in [2.24, 2.45) is 5.92 Å². The van der Waals surface area contributed by atoms with Gasteiger partial charge in [-0.3, -0.25) is 4.79 Å². The molecule has 0 atom stereocenters. The van der Waals surface area contributed by atoms with Crippen molar-refractivity contribution in [2.45, 2.75) is 20.4 Å². The molecule has 2 N–H and O–H groups in total. The average molecular weight is 372 g/mol. The summed E-state index contributed by atoms with van der Waals surface area (Å²) in [7, 11) is 4.77. The first-order chi connectivity index (χ1) is 13.0. The second-order valence-corrected chi connectivity index (χ2v) is 6.53. The molecule has 6 nitrogen and oxygen atoms in total. The lowest BCUT2D eigenvalue weighted by atomic mass is 10.1. The minimum Gasteiger partial charge on any atom is -0.493 e. The van der Waals surface area contributed by atoms with Gasteiger partial charge in [0, 0.05) is 29.9 Å². The second kappa shape index (κ2) is 9.71. The van der Waals surface area contributed by atoms with Gasteiger partial charge in [-0.1, -0.05) is 19.9 Å². The van der Waals surface area contributed by atoms with Gasteiger partial charge < -0.3 is 24.8 Å². The standard InChI is InChI=1S/C21H28N2O4/c1-14(2)12-23-21(24)15-7-6-8-17(11-15)22-13-16-9-10-18(25-3)20(27-5)19(16)26-4/h6-11,14,22H,12-13H2,1-5H3,(H,23,24). The van der Waals surface area contributed by atoms with Crippen molar-refractivity contribution >= 4 is 11.6 Å². The largest absolute Gasteiger partial charge is 0.493 e. The number of carbonyl (C=O) groups excluding carboxylic acids is 1. The third-order valence-electron chi connectivity index (χ3n) is 4.06. The molecule has 0 aliphatic heterocycles. The van der Waals surface area contributed by atoms with Crippen LogP contribution in [0.5, 0.6) is 17.2 Å². The normalized spacial score (nSPS) is 10.4. The molecule has 0 spiro atoms. The number of hydrogen-bond donors (Lipinski definition) is 2. The van der Waals surface area contributed by atoms with Crippen LogP contribution in [0.25, 0.3) is 0 Å². The topological polar surface area (TPSA) is 68.8 Å². The van der Waals surface area contributed by atoms with Gasteiger partial charge in [0.1, 0.15) is 0 Å². The molecular weight excluding hydrogens is 344 g/mol. The number of amides is 1. The molecule has 2 rings (SSSR count). The van der Waals surface area contributed by atoms with Crippen molar-refractivity contribution in [2.75, 3.05) is 33.2 Å². The number of anilines is 1.